The van der Waals surface area contributed by atoms with E-state index in [1.54, 1.807) is 0 Å². The number of hydrogen-bond acceptors (Lipinski definition) is 2. The van der Waals surface area contributed by atoms with Crippen LogP contribution in [-0.4, -0.2) is 17.0 Å². The third kappa shape index (κ3) is 1.98. The van der Waals surface area contributed by atoms with Crippen LogP contribution in [0, 0.1) is 34.5 Å². The lowest BCUT2D eigenvalue weighted by Gasteiger charge is -2.55. The van der Waals surface area contributed by atoms with Crippen LogP contribution in [0.2, 0.25) is 0 Å². The Hall–Kier alpha value is -0.370. The van der Waals surface area contributed by atoms with E-state index in [0.29, 0.717) is 17.1 Å². The molecule has 7 atom stereocenters. The Kier molecular flexibility index (Phi) is 3.49. The van der Waals surface area contributed by atoms with E-state index in [0.717, 1.165) is 43.4 Å². The summed E-state index contributed by atoms with van der Waals surface area (Å²) in [5, 5.41) is 10.5. The van der Waals surface area contributed by atoms with Crippen LogP contribution in [0.3, 0.4) is 0 Å². The van der Waals surface area contributed by atoms with Crippen LogP contribution in [0.15, 0.2) is 0 Å². The van der Waals surface area contributed by atoms with E-state index < -0.39 is 0 Å². The van der Waals surface area contributed by atoms with Crippen molar-refractivity contribution in [2.75, 3.05) is 0 Å². The van der Waals surface area contributed by atoms with Crippen LogP contribution in [0.25, 0.3) is 0 Å². The summed E-state index contributed by atoms with van der Waals surface area (Å²) in [6, 6.07) is 0. The van der Waals surface area contributed by atoms with Crippen LogP contribution < -0.4 is 0 Å². The number of fused-ring (bicyclic) bond motifs is 5. The molecule has 0 saturated heterocycles. The van der Waals surface area contributed by atoms with Crippen molar-refractivity contribution in [1.82, 2.24) is 0 Å². The van der Waals surface area contributed by atoms with Gasteiger partial charge in [-0.15, -0.1) is 0 Å². The summed E-state index contributed by atoms with van der Waals surface area (Å²) in [5.41, 5.74) is 0.575. The molecule has 1 N–H and O–H groups in total. The summed E-state index contributed by atoms with van der Waals surface area (Å²) in [6.45, 7) is 4.88. The Bertz CT molecular complexity index is 472. The maximum Gasteiger partial charge on any atom is 0.133 e. The molecule has 4 rings (SSSR count). The second-order valence-corrected chi connectivity index (χ2v) is 9.39. The van der Waals surface area contributed by atoms with Gasteiger partial charge in [0.05, 0.1) is 6.10 Å². The number of aliphatic hydroxyl groups excluding tert-OH is 1. The molecule has 0 amide bonds. The molecule has 0 aromatic heterocycles. The molecule has 0 heterocycles. The van der Waals surface area contributed by atoms with Crippen LogP contribution >= 0.6 is 0 Å². The maximum absolute atomic E-state index is 12.0. The number of hydrogen-bond donors (Lipinski definition) is 1. The van der Waals surface area contributed by atoms with Gasteiger partial charge in [0, 0.05) is 12.8 Å². The first-order valence-electron chi connectivity index (χ1n) is 9.65. The van der Waals surface area contributed by atoms with E-state index in [9.17, 15) is 9.90 Å². The fourth-order valence-electron chi connectivity index (χ4n) is 7.22. The van der Waals surface area contributed by atoms with Gasteiger partial charge in [-0.1, -0.05) is 20.3 Å². The lowest BCUT2D eigenvalue weighted by molar-refractivity contribution is -0.130. The maximum atomic E-state index is 12.0. The van der Waals surface area contributed by atoms with Gasteiger partial charge in [0.1, 0.15) is 5.78 Å². The molecule has 2 nitrogen and oxygen atoms in total. The summed E-state index contributed by atoms with van der Waals surface area (Å²) in [5.74, 6) is 3.49. The molecule has 124 valence electrons. The summed E-state index contributed by atoms with van der Waals surface area (Å²) in [6.07, 6.45) is 11.4. The van der Waals surface area contributed by atoms with Gasteiger partial charge < -0.3 is 5.11 Å². The molecule has 0 aromatic carbocycles. The molecule has 0 unspecified atom stereocenters. The molecule has 4 saturated carbocycles. The van der Waals surface area contributed by atoms with Crippen molar-refractivity contribution in [3.05, 3.63) is 0 Å². The van der Waals surface area contributed by atoms with Crippen molar-refractivity contribution in [2.24, 2.45) is 34.5 Å². The first-order chi connectivity index (χ1) is 10.4. The van der Waals surface area contributed by atoms with Gasteiger partial charge in [-0.25, -0.2) is 0 Å². The molecule has 2 heteroatoms. The number of rotatable bonds is 0. The Balaban J connectivity index is 1.67. The summed E-state index contributed by atoms with van der Waals surface area (Å²) in [7, 11) is 0. The predicted octanol–water partition coefficient (Wildman–Crippen LogP) is 4.35. The van der Waals surface area contributed by atoms with Crippen LogP contribution in [0.4, 0.5) is 0 Å². The average molecular weight is 304 g/mol. The fourth-order valence-corrected chi connectivity index (χ4v) is 7.22. The average Bonchev–Trinajstić information content (AvgIpc) is 2.70. The minimum atomic E-state index is -0.0711. The van der Waals surface area contributed by atoms with Crippen molar-refractivity contribution < 1.29 is 9.90 Å². The third-order valence-corrected chi connectivity index (χ3v) is 8.67. The monoisotopic (exact) mass is 304 g/mol. The quantitative estimate of drug-likeness (QED) is 0.722. The van der Waals surface area contributed by atoms with Gasteiger partial charge in [0.15, 0.2) is 0 Å². The molecule has 4 fully saturated rings. The molecule has 0 aromatic rings. The number of aliphatic hydroxyl groups is 1. The highest BCUT2D eigenvalue weighted by molar-refractivity contribution is 5.79. The fraction of sp³-hybridized carbons (Fsp3) is 0.950. The highest BCUT2D eigenvalue weighted by Gasteiger charge is 2.58. The minimum Gasteiger partial charge on any atom is -0.393 e. The zero-order valence-corrected chi connectivity index (χ0v) is 14.3. The Labute approximate surface area is 135 Å². The second kappa shape index (κ2) is 5.06. The van der Waals surface area contributed by atoms with Crippen molar-refractivity contribution >= 4 is 5.78 Å². The van der Waals surface area contributed by atoms with Crippen molar-refractivity contribution in [1.29, 1.82) is 0 Å². The van der Waals surface area contributed by atoms with E-state index in [1.807, 2.05) is 0 Å². The molecular formula is C20H32O2. The Morgan fingerprint density at radius 3 is 2.55 bits per heavy atom. The zero-order chi connectivity index (χ0) is 15.5. The largest absolute Gasteiger partial charge is 0.393 e. The topological polar surface area (TPSA) is 37.3 Å². The van der Waals surface area contributed by atoms with E-state index in [1.165, 1.54) is 38.5 Å². The first kappa shape index (κ1) is 15.2. The van der Waals surface area contributed by atoms with Crippen molar-refractivity contribution in [2.45, 2.75) is 84.2 Å². The molecule has 0 spiro atoms. The van der Waals surface area contributed by atoms with Gasteiger partial charge >= 0.3 is 0 Å². The SMILES string of the molecule is C[C@]12CCC(=O)C[C@@H]1CCC[C@H]1[C@H]3CC[C@H](O)[C@]3(C)CC[C@@H]12. The van der Waals surface area contributed by atoms with Crippen molar-refractivity contribution in [3.8, 4) is 0 Å². The molecule has 0 bridgehead atoms. The van der Waals surface area contributed by atoms with Gasteiger partial charge in [-0.2, -0.15) is 0 Å². The first-order valence-corrected chi connectivity index (χ1v) is 9.65. The molecule has 0 radical (unpaired) electrons. The summed E-state index contributed by atoms with van der Waals surface area (Å²) < 4.78 is 0. The second-order valence-electron chi connectivity index (χ2n) is 9.39. The van der Waals surface area contributed by atoms with E-state index in [4.69, 9.17) is 0 Å². The zero-order valence-electron chi connectivity index (χ0n) is 14.3. The summed E-state index contributed by atoms with van der Waals surface area (Å²) >= 11 is 0. The Morgan fingerprint density at radius 2 is 1.73 bits per heavy atom. The lowest BCUT2D eigenvalue weighted by Crippen LogP contribution is -2.50. The number of carbonyl (C=O) groups excluding carboxylic acids is 1. The van der Waals surface area contributed by atoms with E-state index in [-0.39, 0.29) is 11.5 Å². The smallest absolute Gasteiger partial charge is 0.133 e. The Morgan fingerprint density at radius 1 is 0.955 bits per heavy atom. The summed E-state index contributed by atoms with van der Waals surface area (Å²) in [4.78, 5) is 12.0. The standard InChI is InChI=1S/C20H32O2/c1-19-10-8-14(21)12-13(19)4-3-5-15-16-6-7-18(22)20(16,2)11-9-17(15)19/h13,15-18,22H,3-12H2,1-2H3/t13-,15-,16+,17-,18-,19-,20+/m0/s1. The van der Waals surface area contributed by atoms with Crippen molar-refractivity contribution in [3.63, 3.8) is 0 Å². The van der Waals surface area contributed by atoms with Gasteiger partial charge in [0.25, 0.3) is 0 Å². The molecule has 4 aliphatic rings. The van der Waals surface area contributed by atoms with Gasteiger partial charge in [0.2, 0.25) is 0 Å². The lowest BCUT2D eigenvalue weighted by atomic mass is 9.50. The van der Waals surface area contributed by atoms with E-state index in [2.05, 4.69) is 13.8 Å². The van der Waals surface area contributed by atoms with Crippen LogP contribution in [-0.2, 0) is 4.79 Å². The molecule has 22 heavy (non-hydrogen) atoms. The van der Waals surface area contributed by atoms with Crippen LogP contribution in [0.1, 0.15) is 78.1 Å². The molecule has 4 aliphatic carbocycles. The van der Waals surface area contributed by atoms with E-state index >= 15 is 0 Å². The highest BCUT2D eigenvalue weighted by atomic mass is 16.3. The molecule has 0 aliphatic heterocycles. The normalized spacial score (nSPS) is 55.0. The van der Waals surface area contributed by atoms with Crippen LogP contribution in [0.5, 0.6) is 0 Å². The number of ketones is 1. The van der Waals surface area contributed by atoms with Gasteiger partial charge in [-0.3, -0.25) is 4.79 Å². The van der Waals surface area contributed by atoms with Gasteiger partial charge in [-0.05, 0) is 79.4 Å². The minimum absolute atomic E-state index is 0.0711. The highest BCUT2D eigenvalue weighted by Crippen LogP contribution is 2.64. The number of carbonyl (C=O) groups is 1. The number of Topliss-reactive ketones (excluding diaryl/α,β-unsaturated/α-hetero) is 1. The molecular weight excluding hydrogens is 272 g/mol. The predicted molar refractivity (Wildman–Crippen MR) is 87.4 cm³/mol. The third-order valence-electron chi connectivity index (χ3n) is 8.67.